The molecule has 2 aromatic heterocycles. The number of carbonyl (C=O) groups is 2. The quantitative estimate of drug-likeness (QED) is 0.224. The number of carboxylic acids is 1. The van der Waals surface area contributed by atoms with E-state index in [1.165, 1.54) is 13.2 Å². The predicted octanol–water partition coefficient (Wildman–Crippen LogP) is 5.40. The maximum absolute atomic E-state index is 15.0. The SMILES string of the molecule is COc1cc(C2=NC(c3ccc(Cl)cc3F)C(C(=O)Nc3ccc4[nH]ncc4c3)=C(C)N2)ccn1.O=C(O)C(F)(F)F. The van der Waals surface area contributed by atoms with Crippen LogP contribution in [0.3, 0.4) is 0 Å². The number of hydrogen-bond acceptors (Lipinski definition) is 7. The van der Waals surface area contributed by atoms with E-state index in [9.17, 15) is 18.0 Å². The van der Waals surface area contributed by atoms with Crippen LogP contribution in [0.4, 0.5) is 23.2 Å². The molecule has 218 valence electrons. The van der Waals surface area contributed by atoms with Gasteiger partial charge >= 0.3 is 12.1 Å². The molecular formula is C27H21ClF4N6O4. The first-order valence-electron chi connectivity index (χ1n) is 11.9. The van der Waals surface area contributed by atoms with Gasteiger partial charge in [-0.3, -0.25) is 14.9 Å². The first-order valence-corrected chi connectivity index (χ1v) is 12.3. The molecular weight excluding hydrogens is 584 g/mol. The van der Waals surface area contributed by atoms with Crippen LogP contribution in [0.2, 0.25) is 5.02 Å². The zero-order valence-electron chi connectivity index (χ0n) is 21.8. The molecule has 3 heterocycles. The molecule has 0 aliphatic carbocycles. The number of carboxylic acid groups (broad SMARTS) is 1. The summed E-state index contributed by atoms with van der Waals surface area (Å²) in [4.78, 5) is 31.2. The molecule has 5 rings (SSSR count). The van der Waals surface area contributed by atoms with Crippen molar-refractivity contribution in [2.24, 2.45) is 4.99 Å². The van der Waals surface area contributed by atoms with Crippen molar-refractivity contribution in [2.75, 3.05) is 12.4 Å². The largest absolute Gasteiger partial charge is 0.490 e. The molecule has 1 aliphatic heterocycles. The number of aliphatic imine (C=N–C) groups is 1. The minimum atomic E-state index is -5.08. The molecule has 0 bridgehead atoms. The van der Waals surface area contributed by atoms with Gasteiger partial charge in [0.15, 0.2) is 0 Å². The zero-order chi connectivity index (χ0) is 30.6. The molecule has 0 spiro atoms. The van der Waals surface area contributed by atoms with Gasteiger partial charge in [-0.2, -0.15) is 18.3 Å². The third-order valence-electron chi connectivity index (χ3n) is 5.90. The molecule has 0 saturated carbocycles. The van der Waals surface area contributed by atoms with E-state index in [4.69, 9.17) is 31.2 Å². The normalized spacial score (nSPS) is 14.8. The Balaban J connectivity index is 0.000000517. The standard InChI is InChI=1S/C25H20ClFN6O2.C2HF3O2/c1-13-22(25(34)31-17-4-6-20-15(9-17)12-29-33-20)23(18-5-3-16(26)11-19(18)27)32-24(30-13)14-7-8-28-21(10-14)35-2;3-2(4,5)1(6)7/h3-12,23H,1-2H3,(H,29,33)(H,30,32)(H,31,34);(H,6,7). The molecule has 1 atom stereocenters. The van der Waals surface area contributed by atoms with Crippen molar-refractivity contribution in [1.29, 1.82) is 0 Å². The van der Waals surface area contributed by atoms with Crippen molar-refractivity contribution < 1.29 is 37.0 Å². The number of anilines is 1. The Bertz CT molecular complexity index is 1720. The lowest BCUT2D eigenvalue weighted by Gasteiger charge is -2.27. The van der Waals surface area contributed by atoms with Gasteiger partial charge in [-0.15, -0.1) is 0 Å². The molecule has 4 N–H and O–H groups in total. The minimum Gasteiger partial charge on any atom is -0.481 e. The van der Waals surface area contributed by atoms with Crippen LogP contribution in [0, 0.1) is 5.82 Å². The van der Waals surface area contributed by atoms with Crippen LogP contribution in [0.1, 0.15) is 24.1 Å². The molecule has 15 heteroatoms. The van der Waals surface area contributed by atoms with Crippen LogP contribution in [0.25, 0.3) is 10.9 Å². The van der Waals surface area contributed by atoms with E-state index in [-0.39, 0.29) is 16.2 Å². The lowest BCUT2D eigenvalue weighted by molar-refractivity contribution is -0.192. The number of carbonyl (C=O) groups excluding carboxylic acids is 1. The number of aliphatic carboxylic acids is 1. The number of fused-ring (bicyclic) bond motifs is 1. The van der Waals surface area contributed by atoms with E-state index < -0.39 is 29.9 Å². The number of rotatable bonds is 5. The first-order chi connectivity index (χ1) is 19.9. The van der Waals surface area contributed by atoms with Crippen LogP contribution in [-0.2, 0) is 9.59 Å². The van der Waals surface area contributed by atoms with Gasteiger partial charge in [0.1, 0.15) is 17.7 Å². The number of nitrogens with zero attached hydrogens (tertiary/aromatic N) is 3. The Hall–Kier alpha value is -4.98. The van der Waals surface area contributed by atoms with Crippen molar-refractivity contribution >= 4 is 45.9 Å². The molecule has 0 fully saturated rings. The van der Waals surface area contributed by atoms with Crippen LogP contribution in [-0.4, -0.2) is 51.3 Å². The van der Waals surface area contributed by atoms with Crippen molar-refractivity contribution in [2.45, 2.75) is 19.1 Å². The summed E-state index contributed by atoms with van der Waals surface area (Å²) in [6.45, 7) is 1.75. The number of halogens is 5. The number of hydrogen-bond donors (Lipinski definition) is 4. The van der Waals surface area contributed by atoms with Crippen molar-refractivity contribution in [3.05, 3.63) is 94.2 Å². The Morgan fingerprint density at radius 1 is 1.12 bits per heavy atom. The number of aromatic nitrogens is 3. The van der Waals surface area contributed by atoms with E-state index in [1.807, 2.05) is 6.07 Å². The van der Waals surface area contributed by atoms with Gasteiger partial charge in [0, 0.05) is 45.2 Å². The number of aromatic amines is 1. The lowest BCUT2D eigenvalue weighted by Crippen LogP contribution is -2.34. The third kappa shape index (κ3) is 6.83. The highest BCUT2D eigenvalue weighted by molar-refractivity contribution is 6.30. The number of methoxy groups -OCH3 is 1. The van der Waals surface area contributed by atoms with Crippen molar-refractivity contribution in [1.82, 2.24) is 20.5 Å². The molecule has 1 unspecified atom stereocenters. The number of benzene rings is 2. The minimum absolute atomic E-state index is 0.226. The van der Waals surface area contributed by atoms with Crippen molar-refractivity contribution in [3.8, 4) is 5.88 Å². The first kappa shape index (κ1) is 30.0. The van der Waals surface area contributed by atoms with Gasteiger partial charge in [0.05, 0.1) is 24.4 Å². The summed E-state index contributed by atoms with van der Waals surface area (Å²) < 4.78 is 52.0. The maximum Gasteiger partial charge on any atom is 0.490 e. The smallest absolute Gasteiger partial charge is 0.481 e. The topological polar surface area (TPSA) is 142 Å². The summed E-state index contributed by atoms with van der Waals surface area (Å²) in [5.41, 5.74) is 3.15. The van der Waals surface area contributed by atoms with Gasteiger partial charge in [-0.05, 0) is 43.3 Å². The molecule has 4 aromatic rings. The molecule has 0 radical (unpaired) electrons. The number of ether oxygens (including phenoxy) is 1. The number of H-pyrrole nitrogens is 1. The second-order valence-corrected chi connectivity index (χ2v) is 9.16. The van der Waals surface area contributed by atoms with Gasteiger partial charge in [-0.25, -0.2) is 14.2 Å². The highest BCUT2D eigenvalue weighted by atomic mass is 35.5. The van der Waals surface area contributed by atoms with E-state index in [0.29, 0.717) is 28.7 Å². The molecule has 2 aromatic carbocycles. The van der Waals surface area contributed by atoms with Gasteiger partial charge < -0.3 is 20.5 Å². The van der Waals surface area contributed by atoms with E-state index in [0.717, 1.165) is 10.9 Å². The van der Waals surface area contributed by atoms with Crippen LogP contribution in [0.15, 0.2) is 77.2 Å². The third-order valence-corrected chi connectivity index (χ3v) is 6.14. The van der Waals surface area contributed by atoms with Crippen LogP contribution in [0.5, 0.6) is 5.88 Å². The van der Waals surface area contributed by atoms with Crippen LogP contribution < -0.4 is 15.4 Å². The second-order valence-electron chi connectivity index (χ2n) is 8.73. The monoisotopic (exact) mass is 604 g/mol. The summed E-state index contributed by atoms with van der Waals surface area (Å²) in [6, 6.07) is 12.3. The number of amidine groups is 1. The highest BCUT2D eigenvalue weighted by Crippen LogP contribution is 2.35. The molecule has 1 aliphatic rings. The predicted molar refractivity (Wildman–Crippen MR) is 146 cm³/mol. The van der Waals surface area contributed by atoms with E-state index in [2.05, 4.69) is 25.8 Å². The number of allylic oxidation sites excluding steroid dienone is 1. The Kier molecular flexibility index (Phi) is 8.76. The molecule has 42 heavy (non-hydrogen) atoms. The highest BCUT2D eigenvalue weighted by Gasteiger charge is 2.38. The number of alkyl halides is 3. The van der Waals surface area contributed by atoms with Gasteiger partial charge in [0.25, 0.3) is 5.91 Å². The average Bonchev–Trinajstić information content (AvgIpc) is 3.40. The summed E-state index contributed by atoms with van der Waals surface area (Å²) in [6.07, 6.45) is -1.83. The molecule has 10 nitrogen and oxygen atoms in total. The number of amides is 1. The van der Waals surface area contributed by atoms with Gasteiger partial charge in [0.2, 0.25) is 5.88 Å². The van der Waals surface area contributed by atoms with Crippen molar-refractivity contribution in [3.63, 3.8) is 0 Å². The number of nitrogens with one attached hydrogen (secondary N) is 3. The fourth-order valence-corrected chi connectivity index (χ4v) is 4.11. The maximum atomic E-state index is 15.0. The summed E-state index contributed by atoms with van der Waals surface area (Å²) >= 11 is 5.98. The van der Waals surface area contributed by atoms with Gasteiger partial charge in [-0.1, -0.05) is 17.7 Å². The molecule has 0 saturated heterocycles. The fourth-order valence-electron chi connectivity index (χ4n) is 3.95. The van der Waals surface area contributed by atoms with E-state index >= 15 is 4.39 Å². The Morgan fingerprint density at radius 3 is 2.52 bits per heavy atom. The summed E-state index contributed by atoms with van der Waals surface area (Å²) in [5.74, 6) is -2.86. The average molecular weight is 605 g/mol. The fraction of sp³-hybridized carbons (Fsp3) is 0.148. The zero-order valence-corrected chi connectivity index (χ0v) is 22.5. The summed E-state index contributed by atoms with van der Waals surface area (Å²) in [7, 11) is 1.52. The Labute approximate surface area is 240 Å². The van der Waals surface area contributed by atoms with Crippen LogP contribution >= 0.6 is 11.6 Å². The molecule has 1 amide bonds. The number of pyridine rings is 1. The van der Waals surface area contributed by atoms with E-state index in [1.54, 1.807) is 55.7 Å². The Morgan fingerprint density at radius 2 is 1.86 bits per heavy atom. The second kappa shape index (κ2) is 12.3. The lowest BCUT2D eigenvalue weighted by atomic mass is 9.94. The summed E-state index contributed by atoms with van der Waals surface area (Å²) in [5, 5.41) is 21.2.